The van der Waals surface area contributed by atoms with Gasteiger partial charge >= 0.3 is 5.97 Å². The van der Waals surface area contributed by atoms with E-state index >= 15 is 0 Å². The van der Waals surface area contributed by atoms with Gasteiger partial charge in [-0.3, -0.25) is 9.36 Å². The Morgan fingerprint density at radius 2 is 1.21 bits per heavy atom. The zero-order chi connectivity index (χ0) is 41.4. The molecule has 0 rings (SSSR count). The Morgan fingerprint density at radius 3 is 1.79 bits per heavy atom. The van der Waals surface area contributed by atoms with Crippen molar-refractivity contribution >= 4 is 13.8 Å². The van der Waals surface area contributed by atoms with Gasteiger partial charge in [-0.2, -0.15) is 0 Å². The van der Waals surface area contributed by atoms with Gasteiger partial charge in [0.2, 0.25) is 0 Å². The molecule has 324 valence electrons. The highest BCUT2D eigenvalue weighted by molar-refractivity contribution is 7.45. The van der Waals surface area contributed by atoms with E-state index in [-0.39, 0.29) is 38.3 Å². The number of unbranched alkanes of at least 4 members (excludes halogenated alkanes) is 15. The normalized spacial score (nSPS) is 15.0. The van der Waals surface area contributed by atoms with E-state index in [1.807, 2.05) is 46.3 Å². The maximum Gasteiger partial charge on any atom is 0.305 e. The summed E-state index contributed by atoms with van der Waals surface area (Å²) < 4.78 is 34.3. The average molecular weight is 808 g/mol. The largest absolute Gasteiger partial charge is 0.756 e. The number of phosphoric acid groups is 1. The molecule has 56 heavy (non-hydrogen) atoms. The van der Waals surface area contributed by atoms with Gasteiger partial charge in [0.05, 0.1) is 40.1 Å². The van der Waals surface area contributed by atoms with Crippen molar-refractivity contribution in [3.8, 4) is 0 Å². The van der Waals surface area contributed by atoms with Crippen LogP contribution in [-0.2, 0) is 27.9 Å². The molecule has 0 amide bonds. The number of phosphoric ester groups is 1. The molecule has 10 heteroatoms. The first-order valence-electron chi connectivity index (χ1n) is 21.8. The molecule has 0 aromatic rings. The summed E-state index contributed by atoms with van der Waals surface area (Å²) in [4.78, 5) is 24.8. The quantitative estimate of drug-likeness (QED) is 0.0124. The third-order valence-electron chi connectivity index (χ3n) is 9.02. The molecule has 0 saturated heterocycles. The molecule has 0 aromatic carbocycles. The van der Waals surface area contributed by atoms with Crippen LogP contribution in [0.4, 0.5) is 0 Å². The number of carbonyl (C=O) groups is 1. The topological polar surface area (TPSA) is 114 Å². The number of esters is 1. The molecule has 0 heterocycles. The van der Waals surface area contributed by atoms with Crippen molar-refractivity contribution in [3.63, 3.8) is 0 Å². The Kier molecular flexibility index (Phi) is 36.7. The lowest BCUT2D eigenvalue weighted by atomic mass is 10.0. The predicted octanol–water partition coefficient (Wildman–Crippen LogP) is 11.4. The van der Waals surface area contributed by atoms with Crippen molar-refractivity contribution in [1.29, 1.82) is 0 Å². The Labute approximate surface area is 343 Å². The van der Waals surface area contributed by atoms with E-state index in [1.54, 1.807) is 12.3 Å². The number of hydrogen-bond donors (Lipinski definition) is 1. The number of ether oxygens (including phenoxy) is 2. The smallest absolute Gasteiger partial charge is 0.305 e. The summed E-state index contributed by atoms with van der Waals surface area (Å²) in [5.41, 5.74) is 0. The van der Waals surface area contributed by atoms with Gasteiger partial charge in [-0.1, -0.05) is 158 Å². The Balaban J connectivity index is 4.41. The fourth-order valence-corrected chi connectivity index (χ4v) is 6.13. The molecule has 9 nitrogen and oxygen atoms in total. The first-order valence-corrected chi connectivity index (χ1v) is 23.3. The summed E-state index contributed by atoms with van der Waals surface area (Å²) in [6, 6.07) is 0. The molecule has 0 aromatic heterocycles. The fraction of sp³-hybridized carbons (Fsp3) is 0.717. The fourth-order valence-electron chi connectivity index (χ4n) is 5.40. The number of rotatable bonds is 39. The van der Waals surface area contributed by atoms with Crippen molar-refractivity contribution in [1.82, 2.24) is 0 Å². The molecule has 0 radical (unpaired) electrons. The third-order valence-corrected chi connectivity index (χ3v) is 9.98. The highest BCUT2D eigenvalue weighted by atomic mass is 31.2. The van der Waals surface area contributed by atoms with Gasteiger partial charge in [-0.15, -0.1) is 0 Å². The van der Waals surface area contributed by atoms with E-state index < -0.39 is 13.9 Å². The van der Waals surface area contributed by atoms with Gasteiger partial charge in [-0.05, 0) is 57.4 Å². The predicted molar refractivity (Wildman–Crippen MR) is 232 cm³/mol. The molecular formula is C46H82NO8P. The molecule has 1 unspecified atom stereocenters. The summed E-state index contributed by atoms with van der Waals surface area (Å²) in [6.45, 7) is 4.29. The number of aliphatic hydroxyl groups excluding tert-OH is 1. The lowest BCUT2D eigenvalue weighted by Gasteiger charge is -2.28. The average Bonchev–Trinajstić information content (AvgIpc) is 3.15. The molecule has 0 bridgehead atoms. The first-order chi connectivity index (χ1) is 27.0. The third kappa shape index (κ3) is 41.4. The lowest BCUT2D eigenvalue weighted by molar-refractivity contribution is -0.870. The first kappa shape index (κ1) is 53.7. The van der Waals surface area contributed by atoms with E-state index in [9.17, 15) is 19.4 Å². The minimum absolute atomic E-state index is 0.00959. The van der Waals surface area contributed by atoms with Crippen LogP contribution in [0.2, 0.25) is 0 Å². The Bertz CT molecular complexity index is 1140. The second kappa shape index (κ2) is 38.3. The van der Waals surface area contributed by atoms with E-state index in [4.69, 9.17) is 18.5 Å². The van der Waals surface area contributed by atoms with Crippen LogP contribution in [0.25, 0.3) is 0 Å². The molecule has 3 atom stereocenters. The minimum Gasteiger partial charge on any atom is -0.756 e. The van der Waals surface area contributed by atoms with Crippen LogP contribution in [0.1, 0.15) is 155 Å². The highest BCUT2D eigenvalue weighted by Crippen LogP contribution is 2.38. The summed E-state index contributed by atoms with van der Waals surface area (Å²) in [5.74, 6) is -0.362. The van der Waals surface area contributed by atoms with Gasteiger partial charge in [0.15, 0.2) is 6.10 Å². The van der Waals surface area contributed by atoms with Crippen molar-refractivity contribution in [2.45, 2.75) is 167 Å². The van der Waals surface area contributed by atoms with E-state index in [0.717, 1.165) is 44.9 Å². The van der Waals surface area contributed by atoms with E-state index in [1.165, 1.54) is 83.5 Å². The van der Waals surface area contributed by atoms with Crippen LogP contribution >= 0.6 is 7.82 Å². The Hall–Kier alpha value is -2.26. The van der Waals surface area contributed by atoms with Crippen LogP contribution in [-0.4, -0.2) is 75.3 Å². The summed E-state index contributed by atoms with van der Waals surface area (Å²) in [7, 11) is 1.30. The van der Waals surface area contributed by atoms with Crippen molar-refractivity contribution in [2.24, 2.45) is 0 Å². The molecule has 0 aliphatic carbocycles. The number of hydrogen-bond acceptors (Lipinski definition) is 8. The standard InChI is InChI=1S/C46H82NO8P/c1-6-8-9-10-11-12-13-14-15-18-21-24-27-30-33-36-40-52-45(43-55-56(50,51)54-41-39-47(3,4)5)42-53-46(49)38-35-32-29-26-23-20-17-16-19-22-25-28-31-34-37-44(48)7-2/h17,19-20,22,26,28-29,31,34,36-37,40,44-45,48H,6-16,18,21,23-25,27,30,32-33,35,38-39,41-43H2,1-5H3/b20-17-,22-19-,29-26-,31-28-,37-34+,40-36+/t44-,45+/m0/s1. The van der Waals surface area contributed by atoms with Gasteiger partial charge in [0, 0.05) is 6.42 Å². The van der Waals surface area contributed by atoms with E-state index in [0.29, 0.717) is 17.4 Å². The van der Waals surface area contributed by atoms with Crippen LogP contribution in [0.5, 0.6) is 0 Å². The summed E-state index contributed by atoms with van der Waals surface area (Å²) in [5, 5.41) is 9.48. The number of aliphatic hydroxyl groups is 1. The highest BCUT2D eigenvalue weighted by Gasteiger charge is 2.19. The maximum absolute atomic E-state index is 12.5. The number of likely N-dealkylation sites (N-methyl/N-ethyl adjacent to an activating group) is 1. The van der Waals surface area contributed by atoms with Crippen LogP contribution in [0.15, 0.2) is 73.1 Å². The molecule has 0 fully saturated rings. The molecule has 0 spiro atoms. The number of quaternary nitrogens is 1. The molecule has 1 N–H and O–H groups in total. The second-order valence-corrected chi connectivity index (χ2v) is 17.0. The second-order valence-electron chi connectivity index (χ2n) is 15.6. The van der Waals surface area contributed by atoms with Crippen LogP contribution in [0, 0.1) is 0 Å². The van der Waals surface area contributed by atoms with Crippen molar-refractivity contribution in [3.05, 3.63) is 73.1 Å². The van der Waals surface area contributed by atoms with Crippen molar-refractivity contribution in [2.75, 3.05) is 47.5 Å². The lowest BCUT2D eigenvalue weighted by Crippen LogP contribution is -2.37. The minimum atomic E-state index is -4.54. The SMILES string of the molecule is CCCCCCCCCCCCCCCC/C=C/O[C@H](COC(=O)CCC/C=C\C/C=C\C/C=C\C/C=C\C=C\[C@@H](O)CC)COP(=O)([O-])OCC[N+](C)(C)C. The summed E-state index contributed by atoms with van der Waals surface area (Å²) >= 11 is 0. The summed E-state index contributed by atoms with van der Waals surface area (Å²) in [6.07, 6.45) is 46.9. The monoisotopic (exact) mass is 808 g/mol. The van der Waals surface area contributed by atoms with Gasteiger partial charge in [0.25, 0.3) is 7.82 Å². The molecule has 0 saturated carbocycles. The van der Waals surface area contributed by atoms with Crippen LogP contribution < -0.4 is 4.89 Å². The number of allylic oxidation sites excluding steroid dienone is 10. The van der Waals surface area contributed by atoms with E-state index in [2.05, 4.69) is 49.5 Å². The molecule has 0 aliphatic heterocycles. The number of carbonyl (C=O) groups excluding carboxylic acids is 1. The Morgan fingerprint density at radius 1 is 0.679 bits per heavy atom. The zero-order valence-electron chi connectivity index (χ0n) is 36.2. The maximum atomic E-state index is 12.5. The number of nitrogens with zero attached hydrogens (tertiary/aromatic N) is 1. The van der Waals surface area contributed by atoms with Crippen molar-refractivity contribution < 1.29 is 42.4 Å². The van der Waals surface area contributed by atoms with Crippen LogP contribution in [0.3, 0.4) is 0 Å². The molecular weight excluding hydrogens is 725 g/mol. The van der Waals surface area contributed by atoms with Gasteiger partial charge < -0.3 is 33.0 Å². The molecule has 0 aliphatic rings. The zero-order valence-corrected chi connectivity index (χ0v) is 37.1. The van der Waals surface area contributed by atoms with Gasteiger partial charge in [-0.25, -0.2) is 0 Å². The van der Waals surface area contributed by atoms with Gasteiger partial charge in [0.1, 0.15) is 19.8 Å².